The van der Waals surface area contributed by atoms with Crippen LogP contribution in [-0.2, 0) is 11.3 Å². The molecule has 0 bridgehead atoms. The van der Waals surface area contributed by atoms with Crippen LogP contribution in [0.3, 0.4) is 0 Å². The molecule has 0 atom stereocenters. The quantitative estimate of drug-likeness (QED) is 0.874. The molecule has 0 aliphatic carbocycles. The number of hydrogen-bond donors (Lipinski definition) is 1. The predicted octanol–water partition coefficient (Wildman–Crippen LogP) is 2.34. The third-order valence-electron chi connectivity index (χ3n) is 2.85. The fourth-order valence-corrected chi connectivity index (χ4v) is 1.73. The van der Waals surface area contributed by atoms with Gasteiger partial charge in [0.2, 0.25) is 0 Å². The number of aromatic nitrogens is 1. The molecule has 0 saturated heterocycles. The van der Waals surface area contributed by atoms with Crippen LogP contribution in [0.2, 0.25) is 0 Å². The van der Waals surface area contributed by atoms with Gasteiger partial charge in [-0.05, 0) is 30.7 Å². The van der Waals surface area contributed by atoms with Crippen LogP contribution < -0.4 is 5.73 Å². The fourth-order valence-electron chi connectivity index (χ4n) is 1.73. The van der Waals surface area contributed by atoms with Crippen LogP contribution in [0.1, 0.15) is 27.2 Å². The number of carbonyl (C=O) groups is 1. The molecule has 106 valence electrons. The van der Waals surface area contributed by atoms with Crippen molar-refractivity contribution in [2.75, 3.05) is 5.73 Å². The Morgan fingerprint density at radius 1 is 1.48 bits per heavy atom. The van der Waals surface area contributed by atoms with Gasteiger partial charge in [-0.1, -0.05) is 6.07 Å². The normalized spacial score (nSPS) is 9.95. The first-order valence-electron chi connectivity index (χ1n) is 6.09. The predicted molar refractivity (Wildman–Crippen MR) is 73.6 cm³/mol. The number of pyridine rings is 1. The van der Waals surface area contributed by atoms with Crippen molar-refractivity contribution >= 4 is 11.7 Å². The van der Waals surface area contributed by atoms with Crippen LogP contribution in [0.4, 0.5) is 10.1 Å². The lowest BCUT2D eigenvalue weighted by atomic mass is 10.1. The highest BCUT2D eigenvalue weighted by Crippen LogP contribution is 2.14. The van der Waals surface area contributed by atoms with Crippen molar-refractivity contribution in [3.8, 4) is 6.07 Å². The third kappa shape index (κ3) is 3.34. The highest BCUT2D eigenvalue weighted by molar-refractivity contribution is 5.91. The van der Waals surface area contributed by atoms with Gasteiger partial charge in [-0.3, -0.25) is 4.98 Å². The van der Waals surface area contributed by atoms with Crippen molar-refractivity contribution < 1.29 is 13.9 Å². The van der Waals surface area contributed by atoms with Crippen molar-refractivity contribution in [2.24, 2.45) is 0 Å². The van der Waals surface area contributed by atoms with E-state index >= 15 is 0 Å². The molecule has 0 aliphatic heterocycles. The van der Waals surface area contributed by atoms with Gasteiger partial charge in [0.25, 0.3) is 0 Å². The number of rotatable bonds is 3. The first kappa shape index (κ1) is 14.5. The molecule has 0 fully saturated rings. The molecule has 2 N–H and O–H groups in total. The average Bonchev–Trinajstić information content (AvgIpc) is 2.48. The maximum Gasteiger partial charge on any atom is 0.340 e. The summed E-state index contributed by atoms with van der Waals surface area (Å²) in [6.07, 6.45) is 1.45. The summed E-state index contributed by atoms with van der Waals surface area (Å²) in [4.78, 5) is 15.9. The van der Waals surface area contributed by atoms with E-state index in [2.05, 4.69) is 4.98 Å². The molecule has 0 unspecified atom stereocenters. The SMILES string of the molecule is Cc1ncc(N)cc1C(=O)OCc1ccc(F)c(C#N)c1. The molecule has 0 radical (unpaired) electrons. The fraction of sp³-hybridized carbons (Fsp3) is 0.133. The second kappa shape index (κ2) is 6.01. The van der Waals surface area contributed by atoms with Gasteiger partial charge >= 0.3 is 5.97 Å². The molecule has 1 aromatic carbocycles. The lowest BCUT2D eigenvalue weighted by Gasteiger charge is -2.08. The monoisotopic (exact) mass is 285 g/mol. The summed E-state index contributed by atoms with van der Waals surface area (Å²) in [5, 5.41) is 8.75. The van der Waals surface area contributed by atoms with Gasteiger partial charge in [0.1, 0.15) is 18.5 Å². The molecule has 1 aromatic heterocycles. The molecular weight excluding hydrogens is 273 g/mol. The Labute approximate surface area is 120 Å². The highest BCUT2D eigenvalue weighted by atomic mass is 19.1. The van der Waals surface area contributed by atoms with Crippen LogP contribution in [0.15, 0.2) is 30.5 Å². The van der Waals surface area contributed by atoms with Crippen LogP contribution in [-0.4, -0.2) is 11.0 Å². The summed E-state index contributed by atoms with van der Waals surface area (Å²) in [7, 11) is 0. The largest absolute Gasteiger partial charge is 0.457 e. The van der Waals surface area contributed by atoms with Gasteiger partial charge in [0, 0.05) is 0 Å². The standard InChI is InChI=1S/C15H12FN3O2/c1-9-13(5-12(18)7-19-9)15(20)21-8-10-2-3-14(16)11(4-10)6-17/h2-5,7H,8,18H2,1H3. The number of esters is 1. The second-order valence-corrected chi connectivity index (χ2v) is 4.40. The molecule has 2 rings (SSSR count). The van der Waals surface area contributed by atoms with E-state index in [0.717, 1.165) is 6.07 Å². The van der Waals surface area contributed by atoms with E-state index in [0.29, 0.717) is 16.9 Å². The van der Waals surface area contributed by atoms with Gasteiger partial charge in [-0.15, -0.1) is 0 Å². The van der Waals surface area contributed by atoms with E-state index in [9.17, 15) is 9.18 Å². The Kier molecular flexibility index (Phi) is 4.14. The second-order valence-electron chi connectivity index (χ2n) is 4.40. The smallest absolute Gasteiger partial charge is 0.340 e. The zero-order valence-corrected chi connectivity index (χ0v) is 11.3. The maximum atomic E-state index is 13.2. The van der Waals surface area contributed by atoms with Crippen molar-refractivity contribution in [1.29, 1.82) is 5.26 Å². The third-order valence-corrected chi connectivity index (χ3v) is 2.85. The van der Waals surface area contributed by atoms with Crippen LogP contribution >= 0.6 is 0 Å². The van der Waals surface area contributed by atoms with E-state index in [1.807, 2.05) is 0 Å². The minimum Gasteiger partial charge on any atom is -0.457 e. The number of nitrogens with two attached hydrogens (primary N) is 1. The van der Waals surface area contributed by atoms with Gasteiger partial charge < -0.3 is 10.5 Å². The summed E-state index contributed by atoms with van der Waals surface area (Å²) < 4.78 is 18.3. The summed E-state index contributed by atoms with van der Waals surface area (Å²) in [6.45, 7) is 1.60. The van der Waals surface area contributed by atoms with Crippen LogP contribution in [0.25, 0.3) is 0 Å². The minimum absolute atomic E-state index is 0.0674. The number of anilines is 1. The number of nitriles is 1. The average molecular weight is 285 g/mol. The van der Waals surface area contributed by atoms with Crippen LogP contribution in [0.5, 0.6) is 0 Å². The lowest BCUT2D eigenvalue weighted by Crippen LogP contribution is -2.09. The number of nitrogen functional groups attached to an aromatic ring is 1. The van der Waals surface area contributed by atoms with Gasteiger partial charge in [0.15, 0.2) is 0 Å². The van der Waals surface area contributed by atoms with E-state index in [4.69, 9.17) is 15.7 Å². The molecule has 0 saturated carbocycles. The summed E-state index contributed by atoms with van der Waals surface area (Å²) in [5.41, 5.74) is 7.15. The Bertz CT molecular complexity index is 738. The number of aryl methyl sites for hydroxylation is 1. The maximum absolute atomic E-state index is 13.2. The number of ether oxygens (including phenoxy) is 1. The van der Waals surface area contributed by atoms with E-state index in [1.54, 1.807) is 13.0 Å². The molecule has 0 spiro atoms. The van der Waals surface area contributed by atoms with Gasteiger partial charge in [-0.2, -0.15) is 5.26 Å². The zero-order chi connectivity index (χ0) is 15.4. The van der Waals surface area contributed by atoms with E-state index in [1.165, 1.54) is 24.4 Å². The molecule has 6 heteroatoms. The minimum atomic E-state index is -0.608. The number of carbonyl (C=O) groups excluding carboxylic acids is 1. The molecule has 0 amide bonds. The summed E-state index contributed by atoms with van der Waals surface area (Å²) >= 11 is 0. The first-order valence-corrected chi connectivity index (χ1v) is 6.09. The molecule has 5 nitrogen and oxygen atoms in total. The van der Waals surface area contributed by atoms with Crippen molar-refractivity contribution in [3.05, 3.63) is 58.7 Å². The highest BCUT2D eigenvalue weighted by Gasteiger charge is 2.13. The Morgan fingerprint density at radius 3 is 2.95 bits per heavy atom. The summed E-state index contributed by atoms with van der Waals surface area (Å²) in [5.74, 6) is -1.18. The Morgan fingerprint density at radius 2 is 2.24 bits per heavy atom. The van der Waals surface area contributed by atoms with E-state index in [-0.39, 0.29) is 17.7 Å². The van der Waals surface area contributed by atoms with E-state index < -0.39 is 11.8 Å². The zero-order valence-electron chi connectivity index (χ0n) is 11.3. The topological polar surface area (TPSA) is 89.0 Å². The van der Waals surface area contributed by atoms with Gasteiger partial charge in [0.05, 0.1) is 28.7 Å². The van der Waals surface area contributed by atoms with Crippen molar-refractivity contribution in [2.45, 2.75) is 13.5 Å². The number of nitrogens with zero attached hydrogens (tertiary/aromatic N) is 2. The molecule has 0 aliphatic rings. The molecular formula is C15H12FN3O2. The number of halogens is 1. The van der Waals surface area contributed by atoms with Crippen molar-refractivity contribution in [1.82, 2.24) is 4.98 Å². The molecule has 21 heavy (non-hydrogen) atoms. The van der Waals surface area contributed by atoms with Crippen molar-refractivity contribution in [3.63, 3.8) is 0 Å². The first-order chi connectivity index (χ1) is 10.0. The lowest BCUT2D eigenvalue weighted by molar-refractivity contribution is 0.0471. The number of hydrogen-bond acceptors (Lipinski definition) is 5. The van der Waals surface area contributed by atoms with Crippen LogP contribution in [0, 0.1) is 24.1 Å². The molecule has 1 heterocycles. The Hall–Kier alpha value is -2.94. The summed E-state index contributed by atoms with van der Waals surface area (Å²) in [6, 6.07) is 7.17. The molecule has 2 aromatic rings. The van der Waals surface area contributed by atoms with Gasteiger partial charge in [-0.25, -0.2) is 9.18 Å². The number of benzene rings is 1. The Balaban J connectivity index is 2.11.